The van der Waals surface area contributed by atoms with E-state index in [-0.39, 0.29) is 30.5 Å². The first kappa shape index (κ1) is 29.3. The van der Waals surface area contributed by atoms with Gasteiger partial charge in [0.05, 0.1) is 12.2 Å². The minimum Gasteiger partial charge on any atom is -0.353 e. The number of amides is 3. The summed E-state index contributed by atoms with van der Waals surface area (Å²) in [4.78, 5) is 43.6. The van der Waals surface area contributed by atoms with E-state index in [1.165, 1.54) is 17.0 Å². The van der Waals surface area contributed by atoms with Gasteiger partial charge in [-0.25, -0.2) is 0 Å². The number of carbonyl (C=O) groups is 3. The smallest absolute Gasteiger partial charge is 0.353 e. The fourth-order valence-corrected chi connectivity index (χ4v) is 5.58. The number of hydrogen-bond donors (Lipinski definition) is 1. The second kappa shape index (κ2) is 12.0. The molecule has 10 heteroatoms. The molecule has 2 aliphatic rings. The molecular formula is C32H32F3N3O4. The fourth-order valence-electron chi connectivity index (χ4n) is 5.58. The van der Waals surface area contributed by atoms with Gasteiger partial charge in [-0.15, -0.1) is 0 Å². The minimum atomic E-state index is -4.50. The molecule has 0 unspecified atom stereocenters. The molecule has 0 saturated carbocycles. The van der Waals surface area contributed by atoms with Crippen molar-refractivity contribution in [3.8, 4) is 0 Å². The summed E-state index contributed by atoms with van der Waals surface area (Å²) < 4.78 is 45.7. The number of benzene rings is 3. The Balaban J connectivity index is 1.33. The molecule has 0 aliphatic carbocycles. The van der Waals surface area contributed by atoms with Crippen molar-refractivity contribution in [2.24, 2.45) is 0 Å². The van der Waals surface area contributed by atoms with Crippen LogP contribution in [0.4, 0.5) is 13.2 Å². The summed E-state index contributed by atoms with van der Waals surface area (Å²) in [7, 11) is 0. The highest BCUT2D eigenvalue weighted by Crippen LogP contribution is 2.39. The predicted molar refractivity (Wildman–Crippen MR) is 149 cm³/mol. The van der Waals surface area contributed by atoms with E-state index in [4.69, 9.17) is 4.74 Å². The molecule has 7 nitrogen and oxygen atoms in total. The third kappa shape index (κ3) is 6.04. The molecule has 5 rings (SSSR count). The Morgan fingerprint density at radius 3 is 2.19 bits per heavy atom. The normalized spacial score (nSPS) is 18.2. The molecular weight excluding hydrogens is 547 g/mol. The van der Waals surface area contributed by atoms with Gasteiger partial charge in [0.15, 0.2) is 0 Å². The zero-order chi connectivity index (χ0) is 29.9. The molecule has 0 radical (unpaired) electrons. The summed E-state index contributed by atoms with van der Waals surface area (Å²) in [5, 5.41) is 2.69. The number of hydrogen-bond acceptors (Lipinski definition) is 4. The van der Waals surface area contributed by atoms with Crippen LogP contribution in [0.2, 0.25) is 0 Å². The molecule has 0 aromatic heterocycles. The lowest BCUT2D eigenvalue weighted by Gasteiger charge is -2.44. The van der Waals surface area contributed by atoms with E-state index in [0.29, 0.717) is 37.1 Å². The molecule has 2 saturated heterocycles. The van der Waals surface area contributed by atoms with Gasteiger partial charge in [-0.05, 0) is 53.9 Å². The zero-order valence-electron chi connectivity index (χ0n) is 23.2. The lowest BCUT2D eigenvalue weighted by Crippen LogP contribution is -2.59. The summed E-state index contributed by atoms with van der Waals surface area (Å²) in [6.45, 7) is 2.49. The summed E-state index contributed by atoms with van der Waals surface area (Å²) in [6, 6.07) is 19.8. The van der Waals surface area contributed by atoms with Crippen molar-refractivity contribution < 1.29 is 32.3 Å². The van der Waals surface area contributed by atoms with Gasteiger partial charge >= 0.3 is 6.18 Å². The van der Waals surface area contributed by atoms with Crippen molar-refractivity contribution in [3.63, 3.8) is 0 Å². The molecule has 42 heavy (non-hydrogen) atoms. The Bertz CT molecular complexity index is 1440. The number of carbonyl (C=O) groups excluding carboxylic acids is 3. The number of alkyl halides is 3. The first-order chi connectivity index (χ1) is 20.1. The molecule has 1 spiro atoms. The van der Waals surface area contributed by atoms with Gasteiger partial charge in [-0.2, -0.15) is 13.2 Å². The van der Waals surface area contributed by atoms with E-state index in [1.54, 1.807) is 35.2 Å². The maximum absolute atomic E-state index is 13.8. The van der Waals surface area contributed by atoms with Crippen LogP contribution in [0.15, 0.2) is 78.9 Å². The highest BCUT2D eigenvalue weighted by Gasteiger charge is 2.54. The summed E-state index contributed by atoms with van der Waals surface area (Å²) in [5.41, 5.74) is 0.476. The topological polar surface area (TPSA) is 79.0 Å². The Morgan fingerprint density at radius 1 is 0.881 bits per heavy atom. The number of nitrogens with zero attached hydrogens (tertiary/aromatic N) is 2. The number of likely N-dealkylation sites (tertiary alicyclic amines) is 1. The molecule has 3 aromatic rings. The van der Waals surface area contributed by atoms with Crippen LogP contribution in [0.3, 0.4) is 0 Å². The molecule has 2 aliphatic heterocycles. The van der Waals surface area contributed by atoms with E-state index < -0.39 is 29.4 Å². The SMILES string of the molecule is CCc1ccc(C(=O)N2CCC3(CC2)OC[C@@H](C(=O)NCc2cccc(C(F)(F)F)c2)N3C(=O)c2ccccc2)cc1. The van der Waals surface area contributed by atoms with Gasteiger partial charge in [0.25, 0.3) is 11.8 Å². The van der Waals surface area contributed by atoms with Crippen LogP contribution in [0, 0.1) is 0 Å². The number of rotatable bonds is 6. The number of aryl methyl sites for hydroxylation is 1. The third-order valence-corrected chi connectivity index (χ3v) is 7.96. The zero-order valence-corrected chi connectivity index (χ0v) is 23.2. The van der Waals surface area contributed by atoms with E-state index in [2.05, 4.69) is 5.32 Å². The minimum absolute atomic E-state index is 0.0700. The van der Waals surface area contributed by atoms with Crippen molar-refractivity contribution in [1.29, 1.82) is 0 Å². The van der Waals surface area contributed by atoms with Crippen LogP contribution in [0.5, 0.6) is 0 Å². The lowest BCUT2D eigenvalue weighted by atomic mass is 9.96. The molecule has 220 valence electrons. The van der Waals surface area contributed by atoms with Gasteiger partial charge in [0.2, 0.25) is 5.91 Å². The van der Waals surface area contributed by atoms with Gasteiger partial charge in [-0.3, -0.25) is 19.3 Å². The highest BCUT2D eigenvalue weighted by atomic mass is 19.4. The monoisotopic (exact) mass is 579 g/mol. The second-order valence-electron chi connectivity index (χ2n) is 10.6. The van der Waals surface area contributed by atoms with Crippen LogP contribution in [0.1, 0.15) is 57.2 Å². The largest absolute Gasteiger partial charge is 0.416 e. The standard InChI is InChI=1S/C32H32F3N3O4/c1-2-22-11-13-25(14-12-22)29(40)37-17-15-31(16-18-37)38(30(41)24-8-4-3-5-9-24)27(21-42-31)28(39)36-20-23-7-6-10-26(19-23)32(33,34)35/h3-14,19,27H,2,15-18,20-21H2,1H3,(H,36,39)/t27-/m0/s1. The van der Waals surface area contributed by atoms with Crippen molar-refractivity contribution in [2.75, 3.05) is 19.7 Å². The number of piperidine rings is 1. The van der Waals surface area contributed by atoms with Crippen LogP contribution >= 0.6 is 0 Å². The van der Waals surface area contributed by atoms with Crippen molar-refractivity contribution in [1.82, 2.24) is 15.1 Å². The van der Waals surface area contributed by atoms with E-state index in [9.17, 15) is 27.6 Å². The first-order valence-corrected chi connectivity index (χ1v) is 14.0. The average molecular weight is 580 g/mol. The first-order valence-electron chi connectivity index (χ1n) is 14.0. The number of nitrogens with one attached hydrogen (secondary N) is 1. The van der Waals surface area contributed by atoms with Crippen LogP contribution in [-0.4, -0.2) is 59.0 Å². The van der Waals surface area contributed by atoms with Crippen LogP contribution < -0.4 is 5.32 Å². The van der Waals surface area contributed by atoms with E-state index in [0.717, 1.165) is 24.1 Å². The Morgan fingerprint density at radius 2 is 1.55 bits per heavy atom. The van der Waals surface area contributed by atoms with Crippen LogP contribution in [0.25, 0.3) is 0 Å². The highest BCUT2D eigenvalue weighted by molar-refractivity contribution is 5.98. The summed E-state index contributed by atoms with van der Waals surface area (Å²) in [5.74, 6) is -1.02. The maximum atomic E-state index is 13.8. The van der Waals surface area contributed by atoms with Gasteiger partial charge < -0.3 is 15.0 Å². The Hall–Kier alpha value is -4.18. The van der Waals surface area contributed by atoms with E-state index in [1.807, 2.05) is 31.2 Å². The molecule has 3 amide bonds. The van der Waals surface area contributed by atoms with Crippen LogP contribution in [-0.2, 0) is 28.7 Å². The summed E-state index contributed by atoms with van der Waals surface area (Å²) in [6.07, 6.45) is -3.01. The van der Waals surface area contributed by atoms with E-state index >= 15 is 0 Å². The number of halogens is 3. The second-order valence-corrected chi connectivity index (χ2v) is 10.6. The quantitative estimate of drug-likeness (QED) is 0.443. The van der Waals surface area contributed by atoms with Crippen molar-refractivity contribution in [2.45, 2.75) is 50.7 Å². The Kier molecular flexibility index (Phi) is 8.36. The average Bonchev–Trinajstić information content (AvgIpc) is 3.38. The fraction of sp³-hybridized carbons (Fsp3) is 0.344. The third-order valence-electron chi connectivity index (χ3n) is 7.96. The molecule has 0 bridgehead atoms. The van der Waals surface area contributed by atoms with Gasteiger partial charge in [0, 0.05) is 43.6 Å². The lowest BCUT2D eigenvalue weighted by molar-refractivity contribution is -0.137. The predicted octanol–water partition coefficient (Wildman–Crippen LogP) is 5.06. The molecule has 2 heterocycles. The van der Waals surface area contributed by atoms with Gasteiger partial charge in [0.1, 0.15) is 11.8 Å². The molecule has 3 aromatic carbocycles. The maximum Gasteiger partial charge on any atom is 0.416 e. The molecule has 1 atom stereocenters. The molecule has 2 fully saturated rings. The number of ether oxygens (including phenoxy) is 1. The van der Waals surface area contributed by atoms with Gasteiger partial charge in [-0.1, -0.05) is 49.4 Å². The van der Waals surface area contributed by atoms with Crippen molar-refractivity contribution >= 4 is 17.7 Å². The summed E-state index contributed by atoms with van der Waals surface area (Å²) >= 11 is 0. The Labute approximate surface area is 242 Å². The molecule has 1 N–H and O–H groups in total. The van der Waals surface area contributed by atoms with Crippen molar-refractivity contribution in [3.05, 3.63) is 107 Å².